The zero-order chi connectivity index (χ0) is 15.9. The Hall–Kier alpha value is -1.46. The van der Waals surface area contributed by atoms with Crippen LogP contribution >= 0.6 is 0 Å². The van der Waals surface area contributed by atoms with Gasteiger partial charge in [-0.05, 0) is 26.3 Å². The van der Waals surface area contributed by atoms with E-state index in [0.717, 1.165) is 0 Å². The first-order valence-electron chi connectivity index (χ1n) is 6.61. The molecule has 7 heteroatoms. The maximum Gasteiger partial charge on any atom is 0.244 e. The van der Waals surface area contributed by atoms with E-state index in [1.807, 2.05) is 0 Å². The van der Waals surface area contributed by atoms with Crippen molar-refractivity contribution in [3.8, 4) is 11.8 Å². The van der Waals surface area contributed by atoms with Gasteiger partial charge >= 0.3 is 0 Å². The molecule has 1 aromatic rings. The summed E-state index contributed by atoms with van der Waals surface area (Å²) in [4.78, 5) is 3.94. The number of pyridine rings is 1. The van der Waals surface area contributed by atoms with E-state index in [4.69, 9.17) is 10.2 Å². The molecule has 0 atom stereocenters. The van der Waals surface area contributed by atoms with E-state index < -0.39 is 10.0 Å². The standard InChI is InChI=1S/C14H20N2O4S/c1-12(2)16(6-4-8-18)21(19,20)14-9-13(5-3-7-17)10-15-11-14/h9-12,17-18H,4,6-8H2,1-2H3. The van der Waals surface area contributed by atoms with E-state index in [0.29, 0.717) is 12.0 Å². The van der Waals surface area contributed by atoms with Gasteiger partial charge in [0.2, 0.25) is 10.0 Å². The Morgan fingerprint density at radius 2 is 2.05 bits per heavy atom. The van der Waals surface area contributed by atoms with Gasteiger partial charge in [-0.2, -0.15) is 4.31 Å². The molecule has 0 spiro atoms. The van der Waals surface area contributed by atoms with Crippen LogP contribution in [0.3, 0.4) is 0 Å². The number of aromatic nitrogens is 1. The summed E-state index contributed by atoms with van der Waals surface area (Å²) in [6, 6.07) is 1.20. The Bertz CT molecular complexity index is 617. The van der Waals surface area contributed by atoms with Crippen molar-refractivity contribution in [1.82, 2.24) is 9.29 Å². The number of hydrogen-bond acceptors (Lipinski definition) is 5. The maximum absolute atomic E-state index is 12.6. The lowest BCUT2D eigenvalue weighted by atomic mass is 10.3. The zero-order valence-corrected chi connectivity index (χ0v) is 13.0. The predicted octanol–water partition coefficient (Wildman–Crippen LogP) is 0.207. The van der Waals surface area contributed by atoms with Crippen LogP contribution in [-0.2, 0) is 10.0 Å². The Morgan fingerprint density at radius 1 is 1.33 bits per heavy atom. The van der Waals surface area contributed by atoms with E-state index in [1.54, 1.807) is 13.8 Å². The van der Waals surface area contributed by atoms with Crippen LogP contribution in [0, 0.1) is 11.8 Å². The third kappa shape index (κ3) is 4.79. The predicted molar refractivity (Wildman–Crippen MR) is 78.9 cm³/mol. The zero-order valence-electron chi connectivity index (χ0n) is 12.2. The van der Waals surface area contributed by atoms with Crippen molar-refractivity contribution < 1.29 is 18.6 Å². The highest BCUT2D eigenvalue weighted by atomic mass is 32.2. The third-order valence-electron chi connectivity index (χ3n) is 2.74. The molecule has 1 heterocycles. The molecule has 0 unspecified atom stereocenters. The normalized spacial score (nSPS) is 11.5. The van der Waals surface area contributed by atoms with Crippen LogP contribution in [0.1, 0.15) is 25.8 Å². The van der Waals surface area contributed by atoms with Gasteiger partial charge in [0.15, 0.2) is 0 Å². The van der Waals surface area contributed by atoms with Gasteiger partial charge < -0.3 is 10.2 Å². The molecule has 0 aliphatic carbocycles. The molecular formula is C14H20N2O4S. The summed E-state index contributed by atoms with van der Waals surface area (Å²) < 4.78 is 26.5. The summed E-state index contributed by atoms with van der Waals surface area (Å²) in [6.07, 6.45) is 3.08. The molecule has 21 heavy (non-hydrogen) atoms. The lowest BCUT2D eigenvalue weighted by Crippen LogP contribution is -2.38. The lowest BCUT2D eigenvalue weighted by molar-refractivity contribution is 0.258. The fourth-order valence-corrected chi connectivity index (χ4v) is 3.45. The van der Waals surface area contributed by atoms with Crippen molar-refractivity contribution in [3.05, 3.63) is 24.0 Å². The fraction of sp³-hybridized carbons (Fsp3) is 0.500. The molecule has 0 aromatic carbocycles. The molecular weight excluding hydrogens is 292 g/mol. The summed E-state index contributed by atoms with van der Waals surface area (Å²) in [5.74, 6) is 5.09. The van der Waals surface area contributed by atoms with E-state index >= 15 is 0 Å². The Morgan fingerprint density at radius 3 is 2.62 bits per heavy atom. The van der Waals surface area contributed by atoms with Crippen LogP contribution in [0.15, 0.2) is 23.4 Å². The van der Waals surface area contributed by atoms with Gasteiger partial charge in [-0.15, -0.1) is 0 Å². The van der Waals surface area contributed by atoms with Crippen molar-refractivity contribution in [1.29, 1.82) is 0 Å². The second-order valence-corrected chi connectivity index (χ2v) is 6.55. The fourth-order valence-electron chi connectivity index (χ4n) is 1.79. The van der Waals surface area contributed by atoms with E-state index in [-0.39, 0.29) is 30.7 Å². The molecule has 0 fully saturated rings. The topological polar surface area (TPSA) is 90.7 Å². The third-order valence-corrected chi connectivity index (χ3v) is 4.78. The second-order valence-electron chi connectivity index (χ2n) is 4.66. The van der Waals surface area contributed by atoms with Crippen molar-refractivity contribution in [3.63, 3.8) is 0 Å². The smallest absolute Gasteiger partial charge is 0.244 e. The first-order chi connectivity index (χ1) is 9.93. The van der Waals surface area contributed by atoms with Gasteiger partial charge in [0.1, 0.15) is 11.5 Å². The van der Waals surface area contributed by atoms with Gasteiger partial charge in [-0.3, -0.25) is 4.98 Å². The summed E-state index contributed by atoms with van der Waals surface area (Å²) in [6.45, 7) is 3.42. The molecule has 0 aliphatic heterocycles. The minimum Gasteiger partial charge on any atom is -0.396 e. The Balaban J connectivity index is 3.15. The SMILES string of the molecule is CC(C)N(CCCO)S(=O)(=O)c1cncc(C#CCO)c1. The number of sulfonamides is 1. The highest BCUT2D eigenvalue weighted by Crippen LogP contribution is 2.18. The van der Waals surface area contributed by atoms with E-state index in [1.165, 1.54) is 22.8 Å². The highest BCUT2D eigenvalue weighted by Gasteiger charge is 2.26. The minimum atomic E-state index is -3.69. The van der Waals surface area contributed by atoms with Crippen molar-refractivity contribution >= 4 is 10.0 Å². The first-order valence-corrected chi connectivity index (χ1v) is 8.05. The van der Waals surface area contributed by atoms with Crippen LogP contribution in [0.2, 0.25) is 0 Å². The molecule has 1 rings (SSSR count). The minimum absolute atomic E-state index is 0.0545. The van der Waals surface area contributed by atoms with Gasteiger partial charge in [0.25, 0.3) is 0 Å². The Labute approximate surface area is 125 Å². The quantitative estimate of drug-likeness (QED) is 0.733. The maximum atomic E-state index is 12.6. The second kappa shape index (κ2) is 8.10. The molecule has 0 saturated heterocycles. The van der Waals surface area contributed by atoms with Crippen LogP contribution in [0.5, 0.6) is 0 Å². The van der Waals surface area contributed by atoms with E-state index in [2.05, 4.69) is 16.8 Å². The molecule has 0 aliphatic rings. The van der Waals surface area contributed by atoms with Gasteiger partial charge in [0, 0.05) is 37.2 Å². The van der Waals surface area contributed by atoms with Gasteiger partial charge in [-0.25, -0.2) is 8.42 Å². The Kier molecular flexibility index (Phi) is 6.78. The number of rotatable bonds is 6. The molecule has 0 amide bonds. The largest absolute Gasteiger partial charge is 0.396 e. The molecule has 6 nitrogen and oxygen atoms in total. The first kappa shape index (κ1) is 17.6. The average Bonchev–Trinajstić information content (AvgIpc) is 2.45. The summed E-state index contributed by atoms with van der Waals surface area (Å²) >= 11 is 0. The van der Waals surface area contributed by atoms with Crippen LogP contribution in [0.25, 0.3) is 0 Å². The summed E-state index contributed by atoms with van der Waals surface area (Å²) in [5, 5.41) is 17.6. The van der Waals surface area contributed by atoms with Crippen molar-refractivity contribution in [2.75, 3.05) is 19.8 Å². The van der Waals surface area contributed by atoms with Gasteiger partial charge in [0.05, 0.1) is 0 Å². The molecule has 116 valence electrons. The van der Waals surface area contributed by atoms with Crippen LogP contribution in [-0.4, -0.2) is 53.7 Å². The molecule has 0 bridgehead atoms. The number of hydrogen-bond donors (Lipinski definition) is 2. The number of nitrogens with zero attached hydrogens (tertiary/aromatic N) is 2. The highest BCUT2D eigenvalue weighted by molar-refractivity contribution is 7.89. The van der Waals surface area contributed by atoms with Crippen molar-refractivity contribution in [2.24, 2.45) is 0 Å². The molecule has 2 N–H and O–H groups in total. The summed E-state index contributed by atoms with van der Waals surface area (Å²) in [5.41, 5.74) is 0.427. The van der Waals surface area contributed by atoms with Crippen molar-refractivity contribution in [2.45, 2.75) is 31.2 Å². The molecule has 1 aromatic heterocycles. The average molecular weight is 312 g/mol. The number of aliphatic hydroxyl groups excluding tert-OH is 2. The number of aliphatic hydroxyl groups is 2. The van der Waals surface area contributed by atoms with E-state index in [9.17, 15) is 8.42 Å². The monoisotopic (exact) mass is 312 g/mol. The lowest BCUT2D eigenvalue weighted by Gasteiger charge is -2.25. The summed E-state index contributed by atoms with van der Waals surface area (Å²) in [7, 11) is -3.69. The molecule has 0 saturated carbocycles. The van der Waals surface area contributed by atoms with Crippen LogP contribution in [0.4, 0.5) is 0 Å². The van der Waals surface area contributed by atoms with Crippen LogP contribution < -0.4 is 0 Å². The molecule has 0 radical (unpaired) electrons. The van der Waals surface area contributed by atoms with Gasteiger partial charge in [-0.1, -0.05) is 11.8 Å².